The average Bonchev–Trinajstić information content (AvgIpc) is 3.12. The van der Waals surface area contributed by atoms with Crippen LogP contribution in [0.25, 0.3) is 0 Å². The van der Waals surface area contributed by atoms with Gasteiger partial charge in [0.25, 0.3) is 5.91 Å². The molecule has 1 heterocycles. The van der Waals surface area contributed by atoms with Crippen molar-refractivity contribution in [3.63, 3.8) is 0 Å². The van der Waals surface area contributed by atoms with Crippen molar-refractivity contribution in [1.29, 1.82) is 0 Å². The predicted molar refractivity (Wildman–Crippen MR) is 91.3 cm³/mol. The number of rotatable bonds is 6. The lowest BCUT2D eigenvalue weighted by molar-refractivity contribution is -0.137. The van der Waals surface area contributed by atoms with E-state index in [2.05, 4.69) is 10.1 Å². The molecule has 0 saturated carbocycles. The average molecular weight is 400 g/mol. The van der Waals surface area contributed by atoms with Crippen LogP contribution in [0.4, 0.5) is 18.0 Å². The first-order valence-corrected chi connectivity index (χ1v) is 8.58. The van der Waals surface area contributed by atoms with E-state index >= 15 is 0 Å². The molecule has 2 aromatic rings. The molecule has 1 aromatic carbocycles. The second-order valence-electron chi connectivity index (χ2n) is 5.28. The molecule has 0 spiro atoms. The van der Waals surface area contributed by atoms with Crippen LogP contribution in [0.1, 0.15) is 20.8 Å². The molecule has 2 N–H and O–H groups in total. The van der Waals surface area contributed by atoms with E-state index in [0.29, 0.717) is 13.0 Å². The molecule has 27 heavy (non-hydrogen) atoms. The quantitative estimate of drug-likeness (QED) is 0.730. The van der Waals surface area contributed by atoms with Crippen molar-refractivity contribution in [3.05, 3.63) is 57.8 Å². The van der Waals surface area contributed by atoms with Crippen LogP contribution < -0.4 is 10.6 Å². The maximum atomic E-state index is 12.5. The Morgan fingerprint density at radius 2 is 1.78 bits per heavy atom. The first-order chi connectivity index (χ1) is 12.8. The molecule has 3 amide bonds. The van der Waals surface area contributed by atoms with Gasteiger partial charge in [-0.2, -0.15) is 13.2 Å². The van der Waals surface area contributed by atoms with Crippen LogP contribution in [-0.2, 0) is 22.1 Å². The zero-order valence-corrected chi connectivity index (χ0v) is 14.7. The fourth-order valence-corrected chi connectivity index (χ4v) is 2.68. The molecule has 0 fully saturated rings. The Hall–Kier alpha value is -2.88. The van der Waals surface area contributed by atoms with Crippen LogP contribution in [0.5, 0.6) is 0 Å². The minimum absolute atomic E-state index is 0.142. The van der Waals surface area contributed by atoms with E-state index in [1.54, 1.807) is 11.3 Å². The first-order valence-electron chi connectivity index (χ1n) is 7.70. The molecule has 2 rings (SSSR count). The number of imide groups is 1. The second kappa shape index (κ2) is 9.17. The van der Waals surface area contributed by atoms with Crippen LogP contribution >= 0.6 is 11.3 Å². The molecule has 0 atom stereocenters. The topological polar surface area (TPSA) is 84.5 Å². The van der Waals surface area contributed by atoms with Crippen molar-refractivity contribution >= 4 is 29.2 Å². The number of hydrogen-bond donors (Lipinski definition) is 2. The summed E-state index contributed by atoms with van der Waals surface area (Å²) in [6.45, 7) is -0.414. The second-order valence-corrected chi connectivity index (χ2v) is 6.32. The minimum Gasteiger partial charge on any atom is -0.452 e. The molecule has 6 nitrogen and oxygen atoms in total. The molecular formula is C17H15F3N2O4S. The smallest absolute Gasteiger partial charge is 0.416 e. The molecule has 1 aromatic heterocycles. The monoisotopic (exact) mass is 400 g/mol. The maximum absolute atomic E-state index is 12.5. The summed E-state index contributed by atoms with van der Waals surface area (Å²) < 4.78 is 42.0. The number of nitrogens with one attached hydrogen (secondary N) is 2. The number of amides is 3. The van der Waals surface area contributed by atoms with Crippen LogP contribution in [0.2, 0.25) is 0 Å². The number of halogens is 3. The van der Waals surface area contributed by atoms with E-state index in [9.17, 15) is 27.6 Å². The number of thiophene rings is 1. The molecule has 0 unspecified atom stereocenters. The van der Waals surface area contributed by atoms with Gasteiger partial charge in [-0.05, 0) is 42.1 Å². The van der Waals surface area contributed by atoms with Gasteiger partial charge in [-0.25, -0.2) is 9.59 Å². The van der Waals surface area contributed by atoms with E-state index in [1.807, 2.05) is 22.8 Å². The van der Waals surface area contributed by atoms with Gasteiger partial charge in [0.1, 0.15) is 0 Å². The van der Waals surface area contributed by atoms with Gasteiger partial charge in [0.2, 0.25) is 0 Å². The third-order valence-electron chi connectivity index (χ3n) is 3.27. The highest BCUT2D eigenvalue weighted by atomic mass is 32.1. The molecule has 10 heteroatoms. The predicted octanol–water partition coefficient (Wildman–Crippen LogP) is 2.99. The van der Waals surface area contributed by atoms with Gasteiger partial charge in [0.15, 0.2) is 6.61 Å². The minimum atomic E-state index is -4.51. The zero-order valence-electron chi connectivity index (χ0n) is 13.8. The summed E-state index contributed by atoms with van der Waals surface area (Å²) in [4.78, 5) is 35.9. The van der Waals surface area contributed by atoms with E-state index in [1.165, 1.54) is 0 Å². The number of hydrogen-bond acceptors (Lipinski definition) is 5. The summed E-state index contributed by atoms with van der Waals surface area (Å²) >= 11 is 1.54. The molecular weight excluding hydrogens is 385 g/mol. The highest BCUT2D eigenvalue weighted by Gasteiger charge is 2.30. The normalized spacial score (nSPS) is 10.9. The number of benzene rings is 1. The van der Waals surface area contributed by atoms with Gasteiger partial charge < -0.3 is 10.1 Å². The van der Waals surface area contributed by atoms with Crippen molar-refractivity contribution in [1.82, 2.24) is 10.6 Å². The molecule has 0 radical (unpaired) electrons. The Labute approximate surface area is 156 Å². The van der Waals surface area contributed by atoms with Crippen molar-refractivity contribution in [2.45, 2.75) is 12.6 Å². The standard InChI is InChI=1S/C17H15F3N2O4S/c18-17(19,20)12-5-3-11(4-6-12)15(24)26-10-14(23)22-16(25)21-8-7-13-2-1-9-27-13/h1-6,9H,7-8,10H2,(H2,21,22,23,25). The van der Waals surface area contributed by atoms with Gasteiger partial charge in [-0.3, -0.25) is 10.1 Å². The van der Waals surface area contributed by atoms with Gasteiger partial charge in [0.05, 0.1) is 11.1 Å². The fraction of sp³-hybridized carbons (Fsp3) is 0.235. The first kappa shape index (κ1) is 20.4. The Morgan fingerprint density at radius 3 is 2.37 bits per heavy atom. The van der Waals surface area contributed by atoms with Crippen molar-refractivity contribution in [2.24, 2.45) is 0 Å². The molecule has 0 aliphatic rings. The summed E-state index contributed by atoms with van der Waals surface area (Å²) in [6.07, 6.45) is -3.90. The van der Waals surface area contributed by atoms with Crippen LogP contribution in [-0.4, -0.2) is 31.1 Å². The number of esters is 1. The lowest BCUT2D eigenvalue weighted by atomic mass is 10.1. The van der Waals surface area contributed by atoms with E-state index in [4.69, 9.17) is 0 Å². The zero-order chi connectivity index (χ0) is 19.9. The highest BCUT2D eigenvalue weighted by molar-refractivity contribution is 7.09. The molecule has 0 saturated heterocycles. The van der Waals surface area contributed by atoms with Crippen LogP contribution in [0.3, 0.4) is 0 Å². The van der Waals surface area contributed by atoms with Crippen molar-refractivity contribution < 1.29 is 32.3 Å². The van der Waals surface area contributed by atoms with E-state index in [-0.39, 0.29) is 5.56 Å². The van der Waals surface area contributed by atoms with Gasteiger partial charge >= 0.3 is 18.2 Å². The van der Waals surface area contributed by atoms with E-state index < -0.39 is 36.3 Å². The number of urea groups is 1. The Kier molecular flexibility index (Phi) is 6.94. The fourth-order valence-electron chi connectivity index (χ4n) is 1.97. The summed E-state index contributed by atoms with van der Waals surface area (Å²) in [7, 11) is 0. The van der Waals surface area contributed by atoms with Crippen LogP contribution in [0, 0.1) is 0 Å². The number of carbonyl (C=O) groups is 3. The largest absolute Gasteiger partial charge is 0.452 e. The summed E-state index contributed by atoms with van der Waals surface area (Å²) in [5.41, 5.74) is -1.05. The molecule has 0 bridgehead atoms. The number of ether oxygens (including phenoxy) is 1. The molecule has 144 valence electrons. The summed E-state index contributed by atoms with van der Waals surface area (Å²) in [5.74, 6) is -1.83. The molecule has 0 aliphatic carbocycles. The SMILES string of the molecule is O=C(COC(=O)c1ccc(C(F)(F)F)cc1)NC(=O)NCCc1cccs1. The van der Waals surface area contributed by atoms with E-state index in [0.717, 1.165) is 29.1 Å². The lowest BCUT2D eigenvalue weighted by Gasteiger charge is -2.08. The number of carbonyl (C=O) groups excluding carboxylic acids is 3. The van der Waals surface area contributed by atoms with Crippen LogP contribution in [0.15, 0.2) is 41.8 Å². The third-order valence-corrected chi connectivity index (χ3v) is 4.21. The highest BCUT2D eigenvalue weighted by Crippen LogP contribution is 2.29. The summed E-state index contributed by atoms with van der Waals surface area (Å²) in [5, 5.41) is 6.37. The van der Waals surface area contributed by atoms with Gasteiger partial charge in [0, 0.05) is 11.4 Å². The Morgan fingerprint density at radius 1 is 1.07 bits per heavy atom. The Balaban J connectivity index is 1.71. The maximum Gasteiger partial charge on any atom is 0.416 e. The number of alkyl halides is 3. The lowest BCUT2D eigenvalue weighted by Crippen LogP contribution is -2.42. The van der Waals surface area contributed by atoms with Gasteiger partial charge in [-0.1, -0.05) is 6.07 Å². The van der Waals surface area contributed by atoms with Gasteiger partial charge in [-0.15, -0.1) is 11.3 Å². The van der Waals surface area contributed by atoms with Crippen molar-refractivity contribution in [2.75, 3.05) is 13.2 Å². The molecule has 0 aliphatic heterocycles. The van der Waals surface area contributed by atoms with Crippen molar-refractivity contribution in [3.8, 4) is 0 Å². The Bertz CT molecular complexity index is 790. The third kappa shape index (κ3) is 6.74. The summed E-state index contributed by atoms with van der Waals surface area (Å²) in [6, 6.07) is 6.42.